The molecule has 3 rings (SSSR count). The third-order valence-corrected chi connectivity index (χ3v) is 4.49. The van der Waals surface area contributed by atoms with Crippen LogP contribution in [0.4, 0.5) is 5.95 Å². The molecular formula is C18H21ClN4O. The van der Waals surface area contributed by atoms with Gasteiger partial charge in [0, 0.05) is 36.5 Å². The lowest BCUT2D eigenvalue weighted by Gasteiger charge is -2.32. The summed E-state index contributed by atoms with van der Waals surface area (Å²) in [5, 5.41) is 3.72. The third-order valence-electron chi connectivity index (χ3n) is 4.24. The van der Waals surface area contributed by atoms with Crippen LogP contribution in [0.2, 0.25) is 5.02 Å². The number of hydrogen-bond acceptors (Lipinski definition) is 4. The fraction of sp³-hybridized carbons (Fsp3) is 0.389. The first-order valence-electron chi connectivity index (χ1n) is 8.18. The van der Waals surface area contributed by atoms with E-state index in [0.717, 1.165) is 30.6 Å². The molecule has 5 nitrogen and oxygen atoms in total. The van der Waals surface area contributed by atoms with Crippen LogP contribution in [-0.2, 0) is 11.3 Å². The lowest BCUT2D eigenvalue weighted by molar-refractivity contribution is -0.125. The van der Waals surface area contributed by atoms with Crippen molar-refractivity contribution in [1.29, 1.82) is 0 Å². The Morgan fingerprint density at radius 1 is 1.33 bits per heavy atom. The fourth-order valence-corrected chi connectivity index (χ4v) is 3.02. The van der Waals surface area contributed by atoms with Crippen LogP contribution in [0.3, 0.4) is 0 Å². The predicted octanol–water partition coefficient (Wildman–Crippen LogP) is 2.97. The molecule has 126 valence electrons. The average molecular weight is 345 g/mol. The minimum atomic E-state index is -0.0323. The van der Waals surface area contributed by atoms with Gasteiger partial charge in [-0.25, -0.2) is 9.97 Å². The Balaban J connectivity index is 1.57. The number of carbonyl (C=O) groups excluding carboxylic acids is 1. The lowest BCUT2D eigenvalue weighted by Crippen LogP contribution is -2.43. The highest BCUT2D eigenvalue weighted by Crippen LogP contribution is 2.20. The zero-order valence-corrected chi connectivity index (χ0v) is 14.5. The zero-order valence-electron chi connectivity index (χ0n) is 13.7. The van der Waals surface area contributed by atoms with E-state index in [1.165, 1.54) is 0 Å². The summed E-state index contributed by atoms with van der Waals surface area (Å²) in [5.41, 5.74) is 1.98. The first kappa shape index (κ1) is 16.7. The van der Waals surface area contributed by atoms with Crippen LogP contribution < -0.4 is 10.2 Å². The molecule has 2 heterocycles. The fourth-order valence-electron chi connectivity index (χ4n) is 2.90. The first-order valence-corrected chi connectivity index (χ1v) is 8.56. The Labute approximate surface area is 147 Å². The molecule has 0 radical (unpaired) electrons. The number of carbonyl (C=O) groups is 1. The van der Waals surface area contributed by atoms with Gasteiger partial charge in [-0.3, -0.25) is 4.79 Å². The molecule has 1 aromatic carbocycles. The van der Waals surface area contributed by atoms with Gasteiger partial charge in [0.15, 0.2) is 0 Å². The summed E-state index contributed by atoms with van der Waals surface area (Å²) in [7, 11) is 0. The highest BCUT2D eigenvalue weighted by molar-refractivity contribution is 6.30. The number of aryl methyl sites for hydroxylation is 1. The molecule has 1 N–H and O–H groups in total. The number of amides is 1. The van der Waals surface area contributed by atoms with Gasteiger partial charge in [0.2, 0.25) is 11.9 Å². The van der Waals surface area contributed by atoms with Gasteiger partial charge in [-0.2, -0.15) is 0 Å². The molecule has 6 heteroatoms. The van der Waals surface area contributed by atoms with E-state index in [-0.39, 0.29) is 11.8 Å². The van der Waals surface area contributed by atoms with Crippen molar-refractivity contribution < 1.29 is 4.79 Å². The second-order valence-corrected chi connectivity index (χ2v) is 6.56. The number of rotatable bonds is 4. The van der Waals surface area contributed by atoms with Crippen molar-refractivity contribution in [3.05, 3.63) is 52.8 Å². The summed E-state index contributed by atoms with van der Waals surface area (Å²) >= 11 is 5.88. The van der Waals surface area contributed by atoms with Crippen LogP contribution in [0.25, 0.3) is 0 Å². The number of piperidine rings is 1. The Bertz CT molecular complexity index is 704. The van der Waals surface area contributed by atoms with Crippen LogP contribution in [0.5, 0.6) is 0 Å². The summed E-state index contributed by atoms with van der Waals surface area (Å²) in [6.07, 6.45) is 3.63. The average Bonchev–Trinajstić information content (AvgIpc) is 2.61. The van der Waals surface area contributed by atoms with Crippen LogP contribution >= 0.6 is 11.6 Å². The van der Waals surface area contributed by atoms with Gasteiger partial charge in [-0.15, -0.1) is 0 Å². The number of nitrogens with zero attached hydrogens (tertiary/aromatic N) is 3. The van der Waals surface area contributed by atoms with Gasteiger partial charge < -0.3 is 10.2 Å². The van der Waals surface area contributed by atoms with E-state index in [9.17, 15) is 4.79 Å². The minimum Gasteiger partial charge on any atom is -0.352 e. The number of anilines is 1. The van der Waals surface area contributed by atoms with E-state index in [1.807, 2.05) is 37.3 Å². The number of hydrogen-bond donors (Lipinski definition) is 1. The molecule has 1 fully saturated rings. The Kier molecular flexibility index (Phi) is 5.30. The van der Waals surface area contributed by atoms with E-state index >= 15 is 0 Å². The van der Waals surface area contributed by atoms with Crippen molar-refractivity contribution in [3.8, 4) is 0 Å². The van der Waals surface area contributed by atoms with Crippen molar-refractivity contribution in [2.24, 2.45) is 5.92 Å². The smallest absolute Gasteiger partial charge is 0.225 e. The van der Waals surface area contributed by atoms with E-state index < -0.39 is 0 Å². The maximum absolute atomic E-state index is 12.5. The van der Waals surface area contributed by atoms with Gasteiger partial charge in [0.05, 0.1) is 5.92 Å². The number of nitrogens with one attached hydrogen (secondary N) is 1. The minimum absolute atomic E-state index is 0.0323. The molecule has 0 aliphatic carbocycles. The second-order valence-electron chi connectivity index (χ2n) is 6.13. The van der Waals surface area contributed by atoms with Crippen molar-refractivity contribution >= 4 is 23.5 Å². The van der Waals surface area contributed by atoms with Gasteiger partial charge in [-0.05, 0) is 43.5 Å². The van der Waals surface area contributed by atoms with E-state index in [2.05, 4.69) is 20.2 Å². The molecule has 1 aromatic heterocycles. The molecule has 0 unspecified atom stereocenters. The second kappa shape index (κ2) is 7.62. The van der Waals surface area contributed by atoms with Crippen LogP contribution in [0.15, 0.2) is 36.5 Å². The van der Waals surface area contributed by atoms with Crippen molar-refractivity contribution in [3.63, 3.8) is 0 Å². The number of benzene rings is 1. The topological polar surface area (TPSA) is 58.1 Å². The molecule has 24 heavy (non-hydrogen) atoms. The third kappa shape index (κ3) is 4.23. The lowest BCUT2D eigenvalue weighted by atomic mass is 9.97. The Hall–Kier alpha value is -2.14. The van der Waals surface area contributed by atoms with E-state index in [4.69, 9.17) is 11.6 Å². The van der Waals surface area contributed by atoms with E-state index in [0.29, 0.717) is 24.1 Å². The summed E-state index contributed by atoms with van der Waals surface area (Å²) in [6.45, 7) is 4.03. The molecule has 1 aliphatic rings. The number of aromatic nitrogens is 2. The molecule has 0 bridgehead atoms. The van der Waals surface area contributed by atoms with Crippen molar-refractivity contribution in [2.75, 3.05) is 18.0 Å². The first-order chi connectivity index (χ1) is 11.6. The number of halogens is 1. The van der Waals surface area contributed by atoms with E-state index in [1.54, 1.807) is 6.20 Å². The van der Waals surface area contributed by atoms with Gasteiger partial charge in [0.1, 0.15) is 0 Å². The molecule has 0 spiro atoms. The van der Waals surface area contributed by atoms with Crippen LogP contribution in [-0.4, -0.2) is 29.0 Å². The van der Waals surface area contributed by atoms with Gasteiger partial charge >= 0.3 is 0 Å². The van der Waals surface area contributed by atoms with Crippen molar-refractivity contribution in [1.82, 2.24) is 15.3 Å². The quantitative estimate of drug-likeness (QED) is 0.926. The largest absolute Gasteiger partial charge is 0.352 e. The summed E-state index contributed by atoms with van der Waals surface area (Å²) in [4.78, 5) is 23.4. The summed E-state index contributed by atoms with van der Waals surface area (Å²) in [6, 6.07) is 9.40. The summed E-state index contributed by atoms with van der Waals surface area (Å²) in [5.74, 6) is 0.766. The highest BCUT2D eigenvalue weighted by atomic mass is 35.5. The normalized spacial score (nSPS) is 17.6. The molecular weight excluding hydrogens is 324 g/mol. The standard InChI is InChI=1S/C18H21ClN4O/c1-13-8-9-20-18(22-13)23-10-2-3-15(12-23)17(24)21-11-14-4-6-16(19)7-5-14/h4-9,15H,2-3,10-12H2,1H3,(H,21,24)/t15-/m0/s1. The SMILES string of the molecule is Cc1ccnc(N2CCC[C@H](C(=O)NCc3ccc(Cl)cc3)C2)n1. The maximum Gasteiger partial charge on any atom is 0.225 e. The van der Waals surface area contributed by atoms with Gasteiger partial charge in [0.25, 0.3) is 0 Å². The molecule has 1 amide bonds. The molecule has 1 atom stereocenters. The Morgan fingerprint density at radius 3 is 2.88 bits per heavy atom. The summed E-state index contributed by atoms with van der Waals surface area (Å²) < 4.78 is 0. The van der Waals surface area contributed by atoms with Gasteiger partial charge in [-0.1, -0.05) is 23.7 Å². The van der Waals surface area contributed by atoms with Crippen LogP contribution in [0.1, 0.15) is 24.1 Å². The van der Waals surface area contributed by atoms with Crippen LogP contribution in [0, 0.1) is 12.8 Å². The molecule has 1 saturated heterocycles. The Morgan fingerprint density at radius 2 is 2.12 bits per heavy atom. The predicted molar refractivity (Wildman–Crippen MR) is 95.0 cm³/mol. The monoisotopic (exact) mass is 344 g/mol. The molecule has 1 aliphatic heterocycles. The zero-order chi connectivity index (χ0) is 16.9. The van der Waals surface area contributed by atoms with Crippen molar-refractivity contribution in [2.45, 2.75) is 26.3 Å². The maximum atomic E-state index is 12.5. The highest BCUT2D eigenvalue weighted by Gasteiger charge is 2.26. The molecule has 0 saturated carbocycles. The molecule has 2 aromatic rings.